The normalized spacial score (nSPS) is 14.8. The van der Waals surface area contributed by atoms with Gasteiger partial charge in [-0.2, -0.15) is 5.10 Å². The number of amides is 2. The largest absolute Gasteiger partial charge is 0.385 e. The topological polar surface area (TPSA) is 79.7 Å². The van der Waals surface area contributed by atoms with E-state index in [9.17, 15) is 9.59 Å². The van der Waals surface area contributed by atoms with Crippen molar-refractivity contribution in [3.05, 3.63) is 53.4 Å². The highest BCUT2D eigenvalue weighted by atomic mass is 16.5. The van der Waals surface area contributed by atoms with Gasteiger partial charge in [0.15, 0.2) is 0 Å². The average Bonchev–Trinajstić information content (AvgIpc) is 3.09. The number of carbonyl (C=O) groups is 2. The maximum Gasteiger partial charge on any atom is 0.246 e. The van der Waals surface area contributed by atoms with E-state index in [1.54, 1.807) is 13.2 Å². The van der Waals surface area contributed by atoms with Gasteiger partial charge in [-0.15, -0.1) is 0 Å². The van der Waals surface area contributed by atoms with E-state index in [1.807, 2.05) is 59.8 Å². The standard InChI is InChI=1S/C24H33N5O3/c1-19-22(20(2)29(26-19)21-8-5-4-6-9-21)10-11-24(31)28-15-13-27(14-16-28)18-23(30)25-12-7-17-32-3/h4-6,8-11H,7,12-18H2,1-3H3,(H,25,30)/b11-10+. The fraction of sp³-hybridized carbons (Fsp3) is 0.458. The lowest BCUT2D eigenvalue weighted by molar-refractivity contribution is -0.128. The zero-order valence-electron chi connectivity index (χ0n) is 19.2. The van der Waals surface area contributed by atoms with Crippen molar-refractivity contribution >= 4 is 17.9 Å². The number of aromatic nitrogens is 2. The number of nitrogens with one attached hydrogen (secondary N) is 1. The molecule has 0 aliphatic carbocycles. The van der Waals surface area contributed by atoms with Gasteiger partial charge in [-0.05, 0) is 38.5 Å². The third-order valence-electron chi connectivity index (χ3n) is 5.64. The fourth-order valence-corrected chi connectivity index (χ4v) is 3.81. The summed E-state index contributed by atoms with van der Waals surface area (Å²) >= 11 is 0. The van der Waals surface area contributed by atoms with Crippen molar-refractivity contribution < 1.29 is 14.3 Å². The lowest BCUT2D eigenvalue weighted by Gasteiger charge is -2.33. The van der Waals surface area contributed by atoms with Gasteiger partial charge in [-0.1, -0.05) is 18.2 Å². The monoisotopic (exact) mass is 439 g/mol. The van der Waals surface area contributed by atoms with Gasteiger partial charge in [0.05, 0.1) is 17.9 Å². The Morgan fingerprint density at radius 3 is 2.53 bits per heavy atom. The molecule has 8 nitrogen and oxygen atoms in total. The van der Waals surface area contributed by atoms with E-state index in [1.165, 1.54) is 0 Å². The van der Waals surface area contributed by atoms with Crippen LogP contribution in [0.4, 0.5) is 0 Å². The Kier molecular flexibility index (Phi) is 8.58. The van der Waals surface area contributed by atoms with E-state index < -0.39 is 0 Å². The molecule has 2 aromatic rings. The number of carbonyl (C=O) groups excluding carboxylic acids is 2. The molecule has 2 heterocycles. The van der Waals surface area contributed by atoms with Gasteiger partial charge in [0, 0.05) is 63.8 Å². The van der Waals surface area contributed by atoms with Gasteiger partial charge >= 0.3 is 0 Å². The number of nitrogens with zero attached hydrogens (tertiary/aromatic N) is 4. The van der Waals surface area contributed by atoms with Crippen molar-refractivity contribution in [2.45, 2.75) is 20.3 Å². The Labute approximate surface area is 189 Å². The summed E-state index contributed by atoms with van der Waals surface area (Å²) in [5.41, 5.74) is 3.85. The minimum absolute atomic E-state index is 0.0140. The van der Waals surface area contributed by atoms with E-state index in [-0.39, 0.29) is 11.8 Å². The second-order valence-corrected chi connectivity index (χ2v) is 7.96. The SMILES string of the molecule is COCCCNC(=O)CN1CCN(C(=O)/C=C/c2c(C)nn(-c3ccccc3)c2C)CC1. The van der Waals surface area contributed by atoms with Crippen LogP contribution in [-0.2, 0) is 14.3 Å². The number of ether oxygens (including phenoxy) is 1. The first-order valence-electron chi connectivity index (χ1n) is 11.1. The van der Waals surface area contributed by atoms with Crippen LogP contribution in [0.2, 0.25) is 0 Å². The number of hydrogen-bond donors (Lipinski definition) is 1. The highest BCUT2D eigenvalue weighted by molar-refractivity contribution is 5.92. The molecule has 1 aromatic carbocycles. The van der Waals surface area contributed by atoms with Gasteiger partial charge in [0.1, 0.15) is 0 Å². The Hall–Kier alpha value is -2.97. The van der Waals surface area contributed by atoms with Crippen LogP contribution in [0.15, 0.2) is 36.4 Å². The molecule has 1 aliphatic heterocycles. The van der Waals surface area contributed by atoms with Gasteiger partial charge in [-0.25, -0.2) is 4.68 Å². The summed E-state index contributed by atoms with van der Waals surface area (Å²) in [6.45, 7) is 8.19. The minimum atomic E-state index is -0.0140. The predicted octanol–water partition coefficient (Wildman–Crippen LogP) is 1.80. The zero-order valence-corrected chi connectivity index (χ0v) is 19.2. The summed E-state index contributed by atoms with van der Waals surface area (Å²) in [6, 6.07) is 9.96. The molecule has 1 saturated heterocycles. The summed E-state index contributed by atoms with van der Waals surface area (Å²) in [5.74, 6) is 0.00193. The van der Waals surface area contributed by atoms with Crippen LogP contribution in [0.3, 0.4) is 0 Å². The minimum Gasteiger partial charge on any atom is -0.385 e. The lowest BCUT2D eigenvalue weighted by Crippen LogP contribution is -2.50. The maximum absolute atomic E-state index is 12.7. The van der Waals surface area contributed by atoms with Gasteiger partial charge in [0.2, 0.25) is 11.8 Å². The summed E-state index contributed by atoms with van der Waals surface area (Å²) in [4.78, 5) is 28.6. The number of methoxy groups -OCH3 is 1. The Morgan fingerprint density at radius 2 is 1.84 bits per heavy atom. The molecule has 2 amide bonds. The van der Waals surface area contributed by atoms with Crippen LogP contribution in [0, 0.1) is 13.8 Å². The number of rotatable bonds is 9. The van der Waals surface area contributed by atoms with E-state index in [2.05, 4.69) is 15.3 Å². The molecule has 172 valence electrons. The second kappa shape index (κ2) is 11.6. The van der Waals surface area contributed by atoms with Crippen molar-refractivity contribution in [2.24, 2.45) is 0 Å². The third kappa shape index (κ3) is 6.27. The average molecular weight is 440 g/mol. The van der Waals surface area contributed by atoms with Crippen LogP contribution in [0.25, 0.3) is 11.8 Å². The molecule has 0 saturated carbocycles. The molecule has 3 rings (SSSR count). The van der Waals surface area contributed by atoms with Crippen LogP contribution in [0.5, 0.6) is 0 Å². The van der Waals surface area contributed by atoms with Gasteiger partial charge in [0.25, 0.3) is 0 Å². The number of piperazine rings is 1. The van der Waals surface area contributed by atoms with E-state index in [4.69, 9.17) is 4.74 Å². The van der Waals surface area contributed by atoms with Crippen LogP contribution in [0.1, 0.15) is 23.4 Å². The summed E-state index contributed by atoms with van der Waals surface area (Å²) in [7, 11) is 1.65. The summed E-state index contributed by atoms with van der Waals surface area (Å²) < 4.78 is 6.88. The number of benzene rings is 1. The number of para-hydroxylation sites is 1. The van der Waals surface area contributed by atoms with E-state index in [0.29, 0.717) is 45.9 Å². The second-order valence-electron chi connectivity index (χ2n) is 7.96. The maximum atomic E-state index is 12.7. The Morgan fingerprint density at radius 1 is 1.12 bits per heavy atom. The van der Waals surface area contributed by atoms with Crippen LogP contribution in [-0.4, -0.2) is 84.4 Å². The first-order valence-corrected chi connectivity index (χ1v) is 11.1. The van der Waals surface area contributed by atoms with Crippen molar-refractivity contribution in [3.63, 3.8) is 0 Å². The smallest absolute Gasteiger partial charge is 0.246 e. The van der Waals surface area contributed by atoms with E-state index >= 15 is 0 Å². The molecular formula is C24H33N5O3. The first kappa shape index (κ1) is 23.7. The Bertz CT molecular complexity index is 931. The first-order chi connectivity index (χ1) is 15.5. The Balaban J connectivity index is 1.50. The highest BCUT2D eigenvalue weighted by Crippen LogP contribution is 2.19. The van der Waals surface area contributed by atoms with E-state index in [0.717, 1.165) is 29.1 Å². The molecule has 0 spiro atoms. The van der Waals surface area contributed by atoms with Gasteiger partial charge in [-0.3, -0.25) is 14.5 Å². The van der Waals surface area contributed by atoms with Crippen LogP contribution < -0.4 is 5.32 Å². The molecule has 0 bridgehead atoms. The molecule has 32 heavy (non-hydrogen) atoms. The molecule has 0 radical (unpaired) electrons. The number of hydrogen-bond acceptors (Lipinski definition) is 5. The summed E-state index contributed by atoms with van der Waals surface area (Å²) in [6.07, 6.45) is 4.30. The lowest BCUT2D eigenvalue weighted by atomic mass is 10.1. The molecule has 8 heteroatoms. The summed E-state index contributed by atoms with van der Waals surface area (Å²) in [5, 5.41) is 7.53. The molecule has 0 atom stereocenters. The van der Waals surface area contributed by atoms with Crippen molar-refractivity contribution in [1.29, 1.82) is 0 Å². The van der Waals surface area contributed by atoms with Crippen molar-refractivity contribution in [2.75, 3.05) is 53.0 Å². The van der Waals surface area contributed by atoms with Crippen molar-refractivity contribution in [1.82, 2.24) is 24.9 Å². The molecular weight excluding hydrogens is 406 g/mol. The molecule has 1 fully saturated rings. The van der Waals surface area contributed by atoms with Crippen molar-refractivity contribution in [3.8, 4) is 5.69 Å². The number of aryl methyl sites for hydroxylation is 1. The van der Waals surface area contributed by atoms with Gasteiger partial charge < -0.3 is 15.0 Å². The molecule has 1 N–H and O–H groups in total. The predicted molar refractivity (Wildman–Crippen MR) is 125 cm³/mol. The molecule has 1 aromatic heterocycles. The van der Waals surface area contributed by atoms with Crippen LogP contribution >= 0.6 is 0 Å². The zero-order chi connectivity index (χ0) is 22.9. The molecule has 0 unspecified atom stereocenters. The molecule has 1 aliphatic rings. The fourth-order valence-electron chi connectivity index (χ4n) is 3.81. The highest BCUT2D eigenvalue weighted by Gasteiger charge is 2.21. The quantitative estimate of drug-likeness (QED) is 0.476. The third-order valence-corrected chi connectivity index (χ3v) is 5.64.